The van der Waals surface area contributed by atoms with Crippen molar-refractivity contribution in [3.8, 4) is 0 Å². The lowest BCUT2D eigenvalue weighted by Crippen LogP contribution is -2.46. The Morgan fingerprint density at radius 1 is 1.29 bits per heavy atom. The van der Waals surface area contributed by atoms with Crippen LogP contribution in [0, 0.1) is 12.3 Å². The van der Waals surface area contributed by atoms with Gasteiger partial charge in [-0.05, 0) is 50.5 Å². The Morgan fingerprint density at radius 3 is 2.67 bits per heavy atom. The number of hydrogen-bond acceptors (Lipinski definition) is 2. The van der Waals surface area contributed by atoms with Crippen LogP contribution in [0.25, 0.3) is 0 Å². The molecule has 5 nitrogen and oxygen atoms in total. The van der Waals surface area contributed by atoms with E-state index >= 15 is 0 Å². The van der Waals surface area contributed by atoms with Crippen LogP contribution in [-0.4, -0.2) is 30.7 Å². The topological polar surface area (TPSA) is 58.4 Å². The molecule has 0 radical (unpaired) electrons. The van der Waals surface area contributed by atoms with Crippen molar-refractivity contribution in [3.63, 3.8) is 0 Å². The molecule has 0 saturated heterocycles. The average Bonchev–Trinajstić information content (AvgIpc) is 2.54. The number of hydrogen-bond donors (Lipinski definition) is 2. The van der Waals surface area contributed by atoms with E-state index in [-0.39, 0.29) is 5.56 Å². The van der Waals surface area contributed by atoms with Crippen molar-refractivity contribution < 1.29 is 0 Å². The number of unbranched alkanes of at least 4 members (excludes halogenated alkanes) is 1. The van der Waals surface area contributed by atoms with Crippen LogP contribution in [0.2, 0.25) is 0 Å². The summed E-state index contributed by atoms with van der Waals surface area (Å²) in [6, 6.07) is 5.42. The van der Waals surface area contributed by atoms with Crippen LogP contribution < -0.4 is 16.2 Å². The first-order valence-electron chi connectivity index (χ1n) is 9.21. The van der Waals surface area contributed by atoms with Gasteiger partial charge >= 0.3 is 0 Å². The number of guanidine groups is 1. The number of aryl methyl sites for hydroxylation is 1. The zero-order chi connectivity index (χ0) is 17.4. The summed E-state index contributed by atoms with van der Waals surface area (Å²) in [4.78, 5) is 16.1. The molecule has 1 heterocycles. The first-order valence-corrected chi connectivity index (χ1v) is 9.21. The predicted octanol–water partition coefficient (Wildman–Crippen LogP) is 2.68. The summed E-state index contributed by atoms with van der Waals surface area (Å²) < 4.78 is 1.84. The first kappa shape index (κ1) is 18.6. The Labute approximate surface area is 145 Å². The van der Waals surface area contributed by atoms with Crippen molar-refractivity contribution in [2.24, 2.45) is 10.4 Å². The van der Waals surface area contributed by atoms with Gasteiger partial charge in [0, 0.05) is 38.4 Å². The van der Waals surface area contributed by atoms with E-state index in [1.54, 1.807) is 6.07 Å². The van der Waals surface area contributed by atoms with Gasteiger partial charge in [-0.3, -0.25) is 9.79 Å². The van der Waals surface area contributed by atoms with Crippen LogP contribution in [0.15, 0.2) is 28.0 Å². The minimum absolute atomic E-state index is 0.0887. The molecular weight excluding hydrogens is 300 g/mol. The largest absolute Gasteiger partial charge is 0.356 e. The minimum atomic E-state index is 0.0887. The molecule has 0 atom stereocenters. The highest BCUT2D eigenvalue weighted by Gasteiger charge is 2.34. The molecule has 1 fully saturated rings. The summed E-state index contributed by atoms with van der Waals surface area (Å²) in [6.45, 7) is 6.93. The highest BCUT2D eigenvalue weighted by Crippen LogP contribution is 2.42. The van der Waals surface area contributed by atoms with Crippen LogP contribution in [-0.2, 0) is 6.54 Å². The highest BCUT2D eigenvalue weighted by molar-refractivity contribution is 5.79. The maximum Gasteiger partial charge on any atom is 0.250 e. The monoisotopic (exact) mass is 332 g/mol. The fraction of sp³-hybridized carbons (Fsp3) is 0.684. The van der Waals surface area contributed by atoms with Crippen LogP contribution in [0.3, 0.4) is 0 Å². The Morgan fingerprint density at radius 2 is 2.08 bits per heavy atom. The van der Waals surface area contributed by atoms with Gasteiger partial charge in [0.1, 0.15) is 0 Å². The van der Waals surface area contributed by atoms with Gasteiger partial charge < -0.3 is 15.2 Å². The maximum absolute atomic E-state index is 11.8. The van der Waals surface area contributed by atoms with Gasteiger partial charge in [-0.15, -0.1) is 0 Å². The number of pyridine rings is 1. The quantitative estimate of drug-likeness (QED) is 0.437. The summed E-state index contributed by atoms with van der Waals surface area (Å²) in [7, 11) is 1.82. The third-order valence-electron chi connectivity index (χ3n) is 5.39. The van der Waals surface area contributed by atoms with Crippen LogP contribution in [0.5, 0.6) is 0 Å². The second-order valence-corrected chi connectivity index (χ2v) is 6.92. The molecule has 0 amide bonds. The molecule has 0 spiro atoms. The van der Waals surface area contributed by atoms with Crippen LogP contribution in [0.4, 0.5) is 0 Å². The number of aliphatic imine (C=N–C) groups is 1. The standard InChI is InChI=1S/C19H32N4O/c1-4-19(11-8-12-19)15-22-18(20-3)21-13-5-6-14-23-16(2)9-7-10-17(23)24/h7,9-10H,4-6,8,11-15H2,1-3H3,(H2,20,21,22). The minimum Gasteiger partial charge on any atom is -0.356 e. The van der Waals surface area contributed by atoms with Gasteiger partial charge in [0.2, 0.25) is 0 Å². The molecule has 5 heteroatoms. The normalized spacial score (nSPS) is 16.5. The SMILES string of the molecule is CCC1(CNC(=NC)NCCCCn2c(C)cccc2=O)CCC1. The second-order valence-electron chi connectivity index (χ2n) is 6.92. The Hall–Kier alpha value is -1.78. The smallest absolute Gasteiger partial charge is 0.250 e. The Bertz CT molecular complexity index is 596. The van der Waals surface area contributed by atoms with Gasteiger partial charge in [-0.1, -0.05) is 19.4 Å². The van der Waals surface area contributed by atoms with E-state index in [0.29, 0.717) is 5.41 Å². The lowest BCUT2D eigenvalue weighted by Gasteiger charge is -2.41. The van der Waals surface area contributed by atoms with E-state index in [1.807, 2.05) is 30.7 Å². The fourth-order valence-corrected chi connectivity index (χ4v) is 3.34. The van der Waals surface area contributed by atoms with E-state index in [4.69, 9.17) is 0 Å². The Kier molecular flexibility index (Phi) is 6.88. The summed E-state index contributed by atoms with van der Waals surface area (Å²) in [5.74, 6) is 0.891. The molecule has 0 bridgehead atoms. The highest BCUT2D eigenvalue weighted by atomic mass is 16.1. The summed E-state index contributed by atoms with van der Waals surface area (Å²) in [5.41, 5.74) is 1.60. The first-order chi connectivity index (χ1) is 11.6. The van der Waals surface area contributed by atoms with Crippen molar-refractivity contribution in [2.75, 3.05) is 20.1 Å². The maximum atomic E-state index is 11.8. The molecule has 1 saturated carbocycles. The molecule has 1 aromatic rings. The molecule has 1 aromatic heterocycles. The summed E-state index contributed by atoms with van der Waals surface area (Å²) >= 11 is 0. The molecule has 0 aliphatic heterocycles. The molecule has 24 heavy (non-hydrogen) atoms. The van der Waals surface area contributed by atoms with Crippen molar-refractivity contribution in [2.45, 2.75) is 58.9 Å². The van der Waals surface area contributed by atoms with Crippen molar-refractivity contribution >= 4 is 5.96 Å². The lowest BCUT2D eigenvalue weighted by atomic mass is 9.67. The molecule has 1 aliphatic carbocycles. The van der Waals surface area contributed by atoms with E-state index in [2.05, 4.69) is 22.5 Å². The summed E-state index contributed by atoms with van der Waals surface area (Å²) in [5, 5.41) is 6.85. The van der Waals surface area contributed by atoms with E-state index < -0.39 is 0 Å². The van der Waals surface area contributed by atoms with Gasteiger partial charge in [0.05, 0.1) is 0 Å². The zero-order valence-electron chi connectivity index (χ0n) is 15.4. The van der Waals surface area contributed by atoms with E-state index in [9.17, 15) is 4.79 Å². The third kappa shape index (κ3) is 4.86. The molecule has 2 rings (SSSR count). The molecule has 134 valence electrons. The molecule has 1 aliphatic rings. The van der Waals surface area contributed by atoms with Crippen LogP contribution >= 0.6 is 0 Å². The number of nitrogens with one attached hydrogen (secondary N) is 2. The van der Waals surface area contributed by atoms with Crippen molar-refractivity contribution in [1.29, 1.82) is 0 Å². The predicted molar refractivity (Wildman–Crippen MR) is 101 cm³/mol. The van der Waals surface area contributed by atoms with Gasteiger partial charge in [0.25, 0.3) is 5.56 Å². The van der Waals surface area contributed by atoms with Gasteiger partial charge in [-0.25, -0.2) is 0 Å². The molecule has 0 unspecified atom stereocenters. The second kappa shape index (κ2) is 8.90. The lowest BCUT2D eigenvalue weighted by molar-refractivity contribution is 0.131. The average molecular weight is 332 g/mol. The van der Waals surface area contributed by atoms with Crippen LogP contribution in [0.1, 0.15) is 51.1 Å². The van der Waals surface area contributed by atoms with Gasteiger partial charge in [0.15, 0.2) is 5.96 Å². The third-order valence-corrected chi connectivity index (χ3v) is 5.39. The van der Waals surface area contributed by atoms with E-state index in [1.165, 1.54) is 25.7 Å². The zero-order valence-corrected chi connectivity index (χ0v) is 15.4. The molecule has 0 aromatic carbocycles. The molecular formula is C19H32N4O. The molecule has 2 N–H and O–H groups in total. The van der Waals surface area contributed by atoms with Crippen molar-refractivity contribution in [1.82, 2.24) is 15.2 Å². The van der Waals surface area contributed by atoms with Crippen molar-refractivity contribution in [3.05, 3.63) is 34.2 Å². The number of nitrogens with zero attached hydrogens (tertiary/aromatic N) is 2. The fourth-order valence-electron chi connectivity index (χ4n) is 3.34. The summed E-state index contributed by atoms with van der Waals surface area (Å²) in [6.07, 6.45) is 7.26. The number of rotatable bonds is 8. The van der Waals surface area contributed by atoms with Gasteiger partial charge in [-0.2, -0.15) is 0 Å². The number of aromatic nitrogens is 1. The van der Waals surface area contributed by atoms with E-state index in [0.717, 1.165) is 44.1 Å². The Balaban J connectivity index is 1.66.